The molecule has 0 aliphatic rings. The maximum Gasteiger partial charge on any atom is 0.213 e. The molecule has 4 aromatic heterocycles. The molecule has 0 atom stereocenters. The fraction of sp³-hybridized carbons (Fsp3) is 0.154. The zero-order chi connectivity index (χ0) is 25.2. The summed E-state index contributed by atoms with van der Waals surface area (Å²) in [5.41, 5.74) is 3.17. The Morgan fingerprint density at radius 2 is 2.11 bits per heavy atom. The van der Waals surface area contributed by atoms with Gasteiger partial charge < -0.3 is 24.3 Å². The van der Waals surface area contributed by atoms with Crippen molar-refractivity contribution < 1.29 is 18.3 Å². The number of halogens is 1. The first kappa shape index (κ1) is 23.4. The average Bonchev–Trinajstić information content (AvgIpc) is 3.59. The molecule has 0 amide bonds. The first-order valence-corrected chi connectivity index (χ1v) is 11.8. The largest absolute Gasteiger partial charge is 0.496 e. The van der Waals surface area contributed by atoms with E-state index < -0.39 is 5.95 Å². The summed E-state index contributed by atoms with van der Waals surface area (Å²) in [7, 11) is 1.58. The van der Waals surface area contributed by atoms with E-state index >= 15 is 0 Å². The minimum Gasteiger partial charge on any atom is -0.496 e. The lowest BCUT2D eigenvalue weighted by molar-refractivity contribution is 0.303. The lowest BCUT2D eigenvalue weighted by Gasteiger charge is -2.08. The van der Waals surface area contributed by atoms with Crippen molar-refractivity contribution >= 4 is 34.1 Å². The molecule has 0 spiro atoms. The predicted octanol–water partition coefficient (Wildman–Crippen LogP) is 6.43. The molecule has 1 aromatic carbocycles. The minimum absolute atomic E-state index is 0.223. The van der Waals surface area contributed by atoms with E-state index in [1.165, 1.54) is 23.6 Å². The molecular formula is C26H22FN5O3S. The highest BCUT2D eigenvalue weighted by molar-refractivity contribution is 7.15. The number of aromatic amines is 1. The smallest absolute Gasteiger partial charge is 0.213 e. The molecule has 0 bridgehead atoms. The van der Waals surface area contributed by atoms with E-state index in [0.717, 1.165) is 16.0 Å². The van der Waals surface area contributed by atoms with Crippen molar-refractivity contribution in [2.45, 2.75) is 20.5 Å². The number of furan rings is 1. The van der Waals surface area contributed by atoms with Crippen molar-refractivity contribution in [3.8, 4) is 33.5 Å². The van der Waals surface area contributed by atoms with Gasteiger partial charge in [0.05, 0.1) is 24.4 Å². The topological polar surface area (TPSA) is 110 Å². The molecule has 36 heavy (non-hydrogen) atoms. The number of H-pyrrole nitrogens is 1. The number of ether oxygens (including phenoxy) is 2. The van der Waals surface area contributed by atoms with E-state index in [-0.39, 0.29) is 6.61 Å². The number of imidazole rings is 1. The number of methoxy groups -OCH3 is 1. The second-order valence-corrected chi connectivity index (χ2v) is 9.23. The van der Waals surface area contributed by atoms with E-state index in [2.05, 4.69) is 19.9 Å². The van der Waals surface area contributed by atoms with Crippen LogP contribution in [0.1, 0.15) is 23.3 Å². The van der Waals surface area contributed by atoms with Gasteiger partial charge in [0, 0.05) is 40.5 Å². The first-order chi connectivity index (χ1) is 17.4. The van der Waals surface area contributed by atoms with Crippen LogP contribution in [0.15, 0.2) is 53.2 Å². The van der Waals surface area contributed by atoms with Gasteiger partial charge in [0.25, 0.3) is 0 Å². The molecule has 0 saturated carbocycles. The summed E-state index contributed by atoms with van der Waals surface area (Å²) < 4.78 is 31.2. The van der Waals surface area contributed by atoms with Crippen LogP contribution in [0.2, 0.25) is 0 Å². The molecule has 4 heterocycles. The Balaban J connectivity index is 1.43. The van der Waals surface area contributed by atoms with Gasteiger partial charge in [0.1, 0.15) is 40.2 Å². The predicted molar refractivity (Wildman–Crippen MR) is 137 cm³/mol. The molecule has 182 valence electrons. The van der Waals surface area contributed by atoms with Gasteiger partial charge in [-0.2, -0.15) is 4.39 Å². The highest BCUT2D eigenvalue weighted by atomic mass is 32.1. The van der Waals surface area contributed by atoms with Crippen molar-refractivity contribution in [2.24, 2.45) is 0 Å². The molecule has 5 aromatic rings. The van der Waals surface area contributed by atoms with Gasteiger partial charge in [-0.3, -0.25) is 0 Å². The van der Waals surface area contributed by atoms with Gasteiger partial charge in [-0.05, 0) is 38.1 Å². The quantitative estimate of drug-likeness (QED) is 0.187. The first-order valence-electron chi connectivity index (χ1n) is 11.0. The average molecular weight is 504 g/mol. The van der Waals surface area contributed by atoms with Crippen LogP contribution in [0.25, 0.3) is 39.1 Å². The Morgan fingerprint density at radius 1 is 1.25 bits per heavy atom. The Bertz CT molecular complexity index is 1600. The number of thiazole rings is 1. The molecule has 10 heteroatoms. The number of hydrogen-bond donors (Lipinski definition) is 2. The van der Waals surface area contributed by atoms with Gasteiger partial charge in [-0.25, -0.2) is 15.0 Å². The summed E-state index contributed by atoms with van der Waals surface area (Å²) in [6.07, 6.45) is 6.50. The van der Waals surface area contributed by atoms with Gasteiger partial charge in [-0.1, -0.05) is 0 Å². The number of aromatic nitrogens is 4. The SMILES string of the molecule is COc1cc(OCc2nc(-c3ccnc(F)c3)sc2C)c2cc(-c3cnc(/C=C\C(C)=N)[nH]3)oc2c1. The van der Waals surface area contributed by atoms with Crippen LogP contribution in [0.5, 0.6) is 11.5 Å². The molecule has 0 aliphatic carbocycles. The number of hydrogen-bond acceptors (Lipinski definition) is 8. The summed E-state index contributed by atoms with van der Waals surface area (Å²) in [6, 6.07) is 8.58. The highest BCUT2D eigenvalue weighted by Crippen LogP contribution is 2.37. The fourth-order valence-electron chi connectivity index (χ4n) is 3.57. The highest BCUT2D eigenvalue weighted by Gasteiger charge is 2.16. The zero-order valence-corrected chi connectivity index (χ0v) is 20.6. The second-order valence-electron chi connectivity index (χ2n) is 8.02. The number of benzene rings is 1. The van der Waals surface area contributed by atoms with Crippen molar-refractivity contribution in [2.75, 3.05) is 7.11 Å². The second kappa shape index (κ2) is 9.74. The van der Waals surface area contributed by atoms with E-state index in [4.69, 9.17) is 19.3 Å². The van der Waals surface area contributed by atoms with E-state index in [0.29, 0.717) is 50.6 Å². The normalized spacial score (nSPS) is 11.4. The summed E-state index contributed by atoms with van der Waals surface area (Å²) in [5, 5.41) is 9.00. The molecule has 8 nitrogen and oxygen atoms in total. The molecule has 0 saturated heterocycles. The number of aryl methyl sites for hydroxylation is 1. The standard InChI is InChI=1S/C26H22FN5O3S/c1-14(28)4-5-25-30-12-19(31-25)23-11-18-21(9-17(33-3)10-22(18)35-23)34-13-20-15(2)36-26(32-20)16-6-7-29-24(27)8-16/h4-12,28H,13H2,1-3H3,(H,30,31)/b5-4-,28-14?. The van der Waals surface area contributed by atoms with Crippen LogP contribution in [0, 0.1) is 18.3 Å². The Labute approximate surface area is 210 Å². The van der Waals surface area contributed by atoms with Crippen LogP contribution in [0.3, 0.4) is 0 Å². The number of pyridine rings is 1. The summed E-state index contributed by atoms with van der Waals surface area (Å²) in [5.74, 6) is 1.85. The van der Waals surface area contributed by atoms with Gasteiger partial charge in [0.15, 0.2) is 5.76 Å². The minimum atomic E-state index is -0.544. The molecular weight excluding hydrogens is 481 g/mol. The van der Waals surface area contributed by atoms with Crippen LogP contribution < -0.4 is 9.47 Å². The Morgan fingerprint density at radius 3 is 2.89 bits per heavy atom. The maximum absolute atomic E-state index is 13.5. The number of nitrogens with zero attached hydrogens (tertiary/aromatic N) is 3. The monoisotopic (exact) mass is 503 g/mol. The third kappa shape index (κ3) is 4.89. The third-order valence-electron chi connectivity index (χ3n) is 5.39. The molecule has 0 unspecified atom stereocenters. The molecule has 0 aliphatic heterocycles. The van der Waals surface area contributed by atoms with Crippen LogP contribution >= 0.6 is 11.3 Å². The Hall–Kier alpha value is -4.31. The summed E-state index contributed by atoms with van der Waals surface area (Å²) in [6.45, 7) is 3.88. The van der Waals surface area contributed by atoms with Gasteiger partial charge >= 0.3 is 0 Å². The van der Waals surface area contributed by atoms with Crippen molar-refractivity contribution in [3.05, 3.63) is 71.1 Å². The molecule has 5 rings (SSSR count). The van der Waals surface area contributed by atoms with Crippen LogP contribution in [-0.4, -0.2) is 32.8 Å². The number of fused-ring (bicyclic) bond motifs is 1. The lowest BCUT2D eigenvalue weighted by atomic mass is 10.2. The van der Waals surface area contributed by atoms with Gasteiger partial charge in [-0.15, -0.1) is 11.3 Å². The fourth-order valence-corrected chi connectivity index (χ4v) is 4.48. The van der Waals surface area contributed by atoms with Crippen molar-refractivity contribution in [1.82, 2.24) is 19.9 Å². The molecule has 2 N–H and O–H groups in total. The maximum atomic E-state index is 13.5. The summed E-state index contributed by atoms with van der Waals surface area (Å²) >= 11 is 1.47. The van der Waals surface area contributed by atoms with Gasteiger partial charge in [0.2, 0.25) is 5.95 Å². The molecule has 0 fully saturated rings. The van der Waals surface area contributed by atoms with E-state index in [1.54, 1.807) is 50.6 Å². The van der Waals surface area contributed by atoms with Crippen molar-refractivity contribution in [1.29, 1.82) is 5.41 Å². The number of allylic oxidation sites excluding steroid dienone is 1. The number of nitrogens with one attached hydrogen (secondary N) is 2. The Kier molecular flexibility index (Phi) is 6.34. The van der Waals surface area contributed by atoms with E-state index in [9.17, 15) is 4.39 Å². The van der Waals surface area contributed by atoms with Crippen LogP contribution in [0.4, 0.5) is 4.39 Å². The molecule has 0 radical (unpaired) electrons. The summed E-state index contributed by atoms with van der Waals surface area (Å²) in [4.78, 5) is 16.7. The zero-order valence-electron chi connectivity index (χ0n) is 19.8. The van der Waals surface area contributed by atoms with Crippen LogP contribution in [-0.2, 0) is 6.61 Å². The third-order valence-corrected chi connectivity index (χ3v) is 6.45. The van der Waals surface area contributed by atoms with Crippen molar-refractivity contribution in [3.63, 3.8) is 0 Å². The lowest BCUT2D eigenvalue weighted by Crippen LogP contribution is -1.98. The number of rotatable bonds is 8. The van der Waals surface area contributed by atoms with E-state index in [1.807, 2.05) is 13.0 Å².